The van der Waals surface area contributed by atoms with Crippen LogP contribution in [0.5, 0.6) is 0 Å². The van der Waals surface area contributed by atoms with Crippen LogP contribution in [0.4, 0.5) is 5.82 Å². The van der Waals surface area contributed by atoms with Crippen LogP contribution in [0.25, 0.3) is 21.0 Å². The Hall–Kier alpha value is -2.99. The topological polar surface area (TPSA) is 49.3 Å². The van der Waals surface area contributed by atoms with Crippen molar-refractivity contribution in [3.8, 4) is 0 Å². The fourth-order valence-corrected chi connectivity index (χ4v) is 6.84. The summed E-state index contributed by atoms with van der Waals surface area (Å²) in [4.78, 5) is 30.4. The van der Waals surface area contributed by atoms with Gasteiger partial charge in [-0.2, -0.15) is 0 Å². The van der Waals surface area contributed by atoms with E-state index >= 15 is 0 Å². The van der Waals surface area contributed by atoms with E-state index in [1.165, 1.54) is 22.2 Å². The Morgan fingerprint density at radius 2 is 1.80 bits per heavy atom. The molecule has 0 bridgehead atoms. The highest BCUT2D eigenvalue weighted by Crippen LogP contribution is 2.41. The summed E-state index contributed by atoms with van der Waals surface area (Å²) in [5.41, 5.74) is 2.24. The van der Waals surface area contributed by atoms with Crippen molar-refractivity contribution in [3.05, 3.63) is 64.3 Å². The molecule has 4 aromatic rings. The van der Waals surface area contributed by atoms with Crippen molar-refractivity contribution in [1.29, 1.82) is 0 Å². The van der Waals surface area contributed by atoms with Gasteiger partial charge in [0.1, 0.15) is 16.5 Å². The molecular weight excluding hydrogens is 452 g/mol. The summed E-state index contributed by atoms with van der Waals surface area (Å²) < 4.78 is 0. The van der Waals surface area contributed by atoms with Crippen LogP contribution in [0.1, 0.15) is 59.7 Å². The average molecular weight is 485 g/mol. The number of hydrogen-bond donors (Lipinski definition) is 0. The minimum atomic E-state index is 0.119. The number of thiophene rings is 1. The number of carbonyl (C=O) groups is 1. The molecule has 2 aliphatic rings. The first-order chi connectivity index (χ1) is 17.0. The first-order valence-corrected chi connectivity index (χ1v) is 13.6. The first kappa shape index (κ1) is 22.5. The van der Waals surface area contributed by atoms with Crippen LogP contribution >= 0.6 is 11.3 Å². The summed E-state index contributed by atoms with van der Waals surface area (Å²) >= 11 is 1.87. The normalized spacial score (nSPS) is 18.5. The molecule has 1 amide bonds. The maximum absolute atomic E-state index is 13.3. The number of benzene rings is 2. The monoisotopic (exact) mass is 484 g/mol. The minimum Gasteiger partial charge on any atom is -0.352 e. The van der Waals surface area contributed by atoms with Crippen molar-refractivity contribution >= 4 is 44.1 Å². The highest BCUT2D eigenvalue weighted by Gasteiger charge is 2.29. The number of hydrogen-bond acceptors (Lipinski definition) is 5. The Bertz CT molecular complexity index is 1420. The summed E-state index contributed by atoms with van der Waals surface area (Å²) in [6.45, 7) is 9.69. The van der Waals surface area contributed by atoms with Gasteiger partial charge in [-0.1, -0.05) is 51.1 Å². The van der Waals surface area contributed by atoms with Gasteiger partial charge in [-0.05, 0) is 53.6 Å². The zero-order chi connectivity index (χ0) is 24.1. The third kappa shape index (κ3) is 4.08. The van der Waals surface area contributed by atoms with Crippen molar-refractivity contribution in [1.82, 2.24) is 14.9 Å². The minimum absolute atomic E-state index is 0.119. The number of fused-ring (bicyclic) bond motifs is 4. The van der Waals surface area contributed by atoms with E-state index in [0.717, 1.165) is 64.7 Å². The summed E-state index contributed by atoms with van der Waals surface area (Å²) in [6.07, 6.45) is 3.51. The first-order valence-electron chi connectivity index (χ1n) is 12.8. The summed E-state index contributed by atoms with van der Waals surface area (Å²) in [5, 5.41) is 3.55. The molecule has 1 unspecified atom stereocenters. The molecule has 2 aromatic carbocycles. The Morgan fingerprint density at radius 3 is 2.57 bits per heavy atom. The van der Waals surface area contributed by atoms with Crippen LogP contribution in [-0.4, -0.2) is 47.0 Å². The molecule has 0 saturated carbocycles. The smallest absolute Gasteiger partial charge is 0.253 e. The molecule has 180 valence electrons. The van der Waals surface area contributed by atoms with E-state index in [-0.39, 0.29) is 11.8 Å². The molecule has 1 fully saturated rings. The molecular formula is C29H32N4OS. The number of rotatable bonds is 3. The summed E-state index contributed by atoms with van der Waals surface area (Å²) in [7, 11) is 0. The van der Waals surface area contributed by atoms with Crippen molar-refractivity contribution in [2.45, 2.75) is 46.0 Å². The van der Waals surface area contributed by atoms with Crippen LogP contribution in [0.15, 0.2) is 42.5 Å². The average Bonchev–Trinajstić information content (AvgIpc) is 3.25. The van der Waals surface area contributed by atoms with Crippen LogP contribution in [0, 0.1) is 5.92 Å². The number of aromatic nitrogens is 2. The second-order valence-electron chi connectivity index (χ2n) is 10.4. The zero-order valence-corrected chi connectivity index (χ0v) is 21.6. The maximum Gasteiger partial charge on any atom is 0.253 e. The molecule has 5 nitrogen and oxygen atoms in total. The van der Waals surface area contributed by atoms with Gasteiger partial charge < -0.3 is 9.80 Å². The highest BCUT2D eigenvalue weighted by atomic mass is 32.1. The predicted molar refractivity (Wildman–Crippen MR) is 145 cm³/mol. The van der Waals surface area contributed by atoms with Crippen LogP contribution in [0.3, 0.4) is 0 Å². The molecule has 35 heavy (non-hydrogen) atoms. The van der Waals surface area contributed by atoms with Gasteiger partial charge >= 0.3 is 0 Å². The lowest BCUT2D eigenvalue weighted by atomic mass is 9.89. The van der Waals surface area contributed by atoms with Crippen LogP contribution in [0.2, 0.25) is 0 Å². The second-order valence-corrected chi connectivity index (χ2v) is 11.5. The maximum atomic E-state index is 13.3. The summed E-state index contributed by atoms with van der Waals surface area (Å²) in [5.74, 6) is 3.15. The number of aryl methyl sites for hydroxylation is 1. The molecule has 0 spiro atoms. The Kier molecular flexibility index (Phi) is 5.72. The van der Waals surface area contributed by atoms with E-state index in [1.54, 1.807) is 0 Å². The van der Waals surface area contributed by atoms with E-state index in [9.17, 15) is 4.79 Å². The van der Waals surface area contributed by atoms with E-state index in [2.05, 4.69) is 37.8 Å². The van der Waals surface area contributed by atoms with Crippen LogP contribution in [-0.2, 0) is 12.8 Å². The van der Waals surface area contributed by atoms with Gasteiger partial charge in [-0.15, -0.1) is 11.3 Å². The van der Waals surface area contributed by atoms with Crippen molar-refractivity contribution in [2.75, 3.05) is 31.1 Å². The lowest BCUT2D eigenvalue weighted by molar-refractivity contribution is 0.0746. The fourth-order valence-electron chi connectivity index (χ4n) is 5.45. The van der Waals surface area contributed by atoms with Crippen molar-refractivity contribution in [2.24, 2.45) is 5.92 Å². The molecule has 2 aromatic heterocycles. The van der Waals surface area contributed by atoms with Crippen molar-refractivity contribution < 1.29 is 4.79 Å². The number of anilines is 1. The van der Waals surface area contributed by atoms with Gasteiger partial charge in [0.15, 0.2) is 0 Å². The third-order valence-electron chi connectivity index (χ3n) is 7.53. The molecule has 1 saturated heterocycles. The zero-order valence-electron chi connectivity index (χ0n) is 20.8. The fraction of sp³-hybridized carbons (Fsp3) is 0.414. The number of carbonyl (C=O) groups excluding carboxylic acids is 1. The van der Waals surface area contributed by atoms with E-state index in [0.29, 0.717) is 13.1 Å². The molecule has 1 aliphatic carbocycles. The number of amides is 1. The Balaban J connectivity index is 1.27. The quantitative estimate of drug-likeness (QED) is 0.355. The second kappa shape index (κ2) is 8.90. The molecule has 6 rings (SSSR count). The van der Waals surface area contributed by atoms with Gasteiger partial charge in [0.25, 0.3) is 5.91 Å². The predicted octanol–water partition coefficient (Wildman–Crippen LogP) is 6.06. The summed E-state index contributed by atoms with van der Waals surface area (Å²) in [6, 6.07) is 14.2. The highest BCUT2D eigenvalue weighted by molar-refractivity contribution is 7.19. The van der Waals surface area contributed by atoms with E-state index < -0.39 is 0 Å². The third-order valence-corrected chi connectivity index (χ3v) is 8.68. The number of nitrogens with zero attached hydrogens (tertiary/aromatic N) is 4. The molecule has 0 radical (unpaired) electrons. The Morgan fingerprint density at radius 1 is 1.03 bits per heavy atom. The molecule has 6 heteroatoms. The van der Waals surface area contributed by atoms with Gasteiger partial charge in [0, 0.05) is 42.5 Å². The molecule has 1 aliphatic heterocycles. The van der Waals surface area contributed by atoms with Crippen molar-refractivity contribution in [3.63, 3.8) is 0 Å². The van der Waals surface area contributed by atoms with E-state index in [1.807, 2.05) is 46.6 Å². The van der Waals surface area contributed by atoms with Gasteiger partial charge in [0.2, 0.25) is 0 Å². The lowest BCUT2D eigenvalue weighted by Crippen LogP contribution is -2.49. The molecule has 0 N–H and O–H groups in total. The SMILES string of the molecule is CC1CCc2c(sc3nc(C(C)C)nc(N4CCN(C(=O)c5ccc6ccccc6c5)CC4)c23)C1. The van der Waals surface area contributed by atoms with Gasteiger partial charge in [-0.3, -0.25) is 4.79 Å². The molecule has 1 atom stereocenters. The van der Waals surface area contributed by atoms with Crippen LogP contribution < -0.4 is 4.90 Å². The Labute approximate surface area is 210 Å². The standard InChI is InChI=1S/C29H32N4OS/c1-18(2)26-30-27(25-23-11-8-19(3)16-24(23)35-28(25)31-26)32-12-14-33(15-13-32)29(34)22-10-9-20-6-4-5-7-21(20)17-22/h4-7,9-10,17-19H,8,11-16H2,1-3H3. The van der Waals surface area contributed by atoms with Gasteiger partial charge in [0.05, 0.1) is 5.39 Å². The molecule has 3 heterocycles. The largest absolute Gasteiger partial charge is 0.352 e. The van der Waals surface area contributed by atoms with Gasteiger partial charge in [-0.25, -0.2) is 9.97 Å². The van der Waals surface area contributed by atoms with E-state index in [4.69, 9.17) is 9.97 Å². The number of piperazine rings is 1. The lowest BCUT2D eigenvalue weighted by Gasteiger charge is -2.36.